The summed E-state index contributed by atoms with van der Waals surface area (Å²) in [4.78, 5) is 39.6. The average Bonchev–Trinajstić information content (AvgIpc) is 2.82. The molecule has 1 aliphatic carbocycles. The van der Waals surface area contributed by atoms with Crippen molar-refractivity contribution < 1.29 is 19.1 Å². The molecule has 1 heterocycles. The van der Waals surface area contributed by atoms with E-state index in [0.717, 1.165) is 24.8 Å². The van der Waals surface area contributed by atoms with Crippen LogP contribution in [0.25, 0.3) is 0 Å². The molecule has 1 fully saturated rings. The van der Waals surface area contributed by atoms with Crippen molar-refractivity contribution in [1.29, 1.82) is 0 Å². The number of ether oxygens (including phenoxy) is 1. The summed E-state index contributed by atoms with van der Waals surface area (Å²) < 4.78 is 5.60. The maximum Gasteiger partial charge on any atom is 0.317 e. The smallest absolute Gasteiger partial charge is 0.317 e. The second-order valence-corrected chi connectivity index (χ2v) is 8.64. The summed E-state index contributed by atoms with van der Waals surface area (Å²) in [6, 6.07) is 15.4. The fourth-order valence-corrected chi connectivity index (χ4v) is 4.83. The number of hydrogen-bond acceptors (Lipinski definition) is 4. The molecule has 1 aliphatic heterocycles. The Morgan fingerprint density at radius 2 is 1.61 bits per heavy atom. The Labute approximate surface area is 183 Å². The largest absolute Gasteiger partial charge is 0.457 e. The lowest BCUT2D eigenvalue weighted by Crippen LogP contribution is -2.49. The third-order valence-corrected chi connectivity index (χ3v) is 6.78. The fourth-order valence-electron chi connectivity index (χ4n) is 4.83. The van der Waals surface area contributed by atoms with Crippen LogP contribution in [-0.2, 0) is 32.6 Å². The molecule has 0 atom stereocenters. The van der Waals surface area contributed by atoms with Crippen LogP contribution in [0.5, 0.6) is 0 Å². The summed E-state index contributed by atoms with van der Waals surface area (Å²) in [5.74, 6) is -0.545. The maximum absolute atomic E-state index is 13.3. The SMILES string of the molecule is CC(=O)N1CCC(C(=O)OCC(=O)c2ccc3c(c2)CCCC3)(c2ccccc2)CC1. The summed E-state index contributed by atoms with van der Waals surface area (Å²) in [5.41, 5.74) is 3.21. The van der Waals surface area contributed by atoms with E-state index in [-0.39, 0.29) is 24.3 Å². The minimum Gasteiger partial charge on any atom is -0.457 e. The van der Waals surface area contributed by atoms with Crippen LogP contribution in [0.2, 0.25) is 0 Å². The van der Waals surface area contributed by atoms with Crippen LogP contribution in [0.3, 0.4) is 0 Å². The molecule has 2 aliphatic rings. The highest BCUT2D eigenvalue weighted by atomic mass is 16.5. The van der Waals surface area contributed by atoms with E-state index >= 15 is 0 Å². The number of hydrogen-bond donors (Lipinski definition) is 0. The second kappa shape index (κ2) is 9.04. The molecule has 1 amide bonds. The number of rotatable bonds is 5. The normalized spacial score (nSPS) is 17.5. The van der Waals surface area contributed by atoms with Gasteiger partial charge in [-0.05, 0) is 61.3 Å². The predicted octanol–water partition coefficient (Wildman–Crippen LogP) is 3.87. The van der Waals surface area contributed by atoms with Gasteiger partial charge in [0.25, 0.3) is 0 Å². The number of amides is 1. The predicted molar refractivity (Wildman–Crippen MR) is 118 cm³/mol. The van der Waals surface area contributed by atoms with Gasteiger partial charge in [-0.3, -0.25) is 14.4 Å². The van der Waals surface area contributed by atoms with Crippen LogP contribution in [0.4, 0.5) is 0 Å². The van der Waals surface area contributed by atoms with Crippen LogP contribution < -0.4 is 0 Å². The van der Waals surface area contributed by atoms with Crippen LogP contribution in [0.1, 0.15) is 59.7 Å². The Bertz CT molecular complexity index is 974. The lowest BCUT2D eigenvalue weighted by atomic mass is 9.72. The van der Waals surface area contributed by atoms with Gasteiger partial charge in [0.2, 0.25) is 5.91 Å². The number of aryl methyl sites for hydroxylation is 2. The van der Waals surface area contributed by atoms with Gasteiger partial charge in [-0.15, -0.1) is 0 Å². The zero-order valence-corrected chi connectivity index (χ0v) is 18.1. The Hall–Kier alpha value is -2.95. The van der Waals surface area contributed by atoms with E-state index in [1.807, 2.05) is 48.5 Å². The second-order valence-electron chi connectivity index (χ2n) is 8.64. The zero-order chi connectivity index (χ0) is 21.8. The number of carbonyl (C=O) groups is 3. The first-order chi connectivity index (χ1) is 15.0. The van der Waals surface area contributed by atoms with Crippen LogP contribution in [-0.4, -0.2) is 42.3 Å². The van der Waals surface area contributed by atoms with Crippen molar-refractivity contribution in [3.63, 3.8) is 0 Å². The van der Waals surface area contributed by atoms with E-state index in [2.05, 4.69) is 0 Å². The highest BCUT2D eigenvalue weighted by Crippen LogP contribution is 2.37. The molecule has 1 saturated heterocycles. The number of ketones is 1. The molecule has 0 aromatic heterocycles. The van der Waals surface area contributed by atoms with Crippen molar-refractivity contribution in [3.05, 3.63) is 70.8 Å². The third-order valence-electron chi connectivity index (χ3n) is 6.78. The molecule has 2 aromatic carbocycles. The molecule has 0 unspecified atom stereocenters. The Morgan fingerprint density at radius 3 is 2.29 bits per heavy atom. The molecule has 5 nitrogen and oxygen atoms in total. The number of Topliss-reactive ketones (excluding diaryl/α,β-unsaturated/α-hetero) is 1. The highest BCUT2D eigenvalue weighted by Gasteiger charge is 2.44. The molecule has 0 radical (unpaired) electrons. The minimum absolute atomic E-state index is 0.0117. The van der Waals surface area contributed by atoms with Crippen LogP contribution in [0, 0.1) is 0 Å². The Kier molecular flexibility index (Phi) is 6.21. The number of fused-ring (bicyclic) bond motifs is 1. The first-order valence-electron chi connectivity index (χ1n) is 11.1. The average molecular weight is 420 g/mol. The lowest BCUT2D eigenvalue weighted by Gasteiger charge is -2.40. The van der Waals surface area contributed by atoms with Gasteiger partial charge in [0, 0.05) is 25.6 Å². The topological polar surface area (TPSA) is 63.7 Å². The van der Waals surface area contributed by atoms with Gasteiger partial charge in [-0.1, -0.05) is 42.5 Å². The fraction of sp³-hybridized carbons (Fsp3) is 0.423. The lowest BCUT2D eigenvalue weighted by molar-refractivity contribution is -0.153. The molecule has 0 saturated carbocycles. The van der Waals surface area contributed by atoms with Gasteiger partial charge in [-0.25, -0.2) is 0 Å². The molecular formula is C26H29NO4. The number of piperidine rings is 1. The van der Waals surface area contributed by atoms with E-state index in [1.54, 1.807) is 11.8 Å². The number of carbonyl (C=O) groups excluding carboxylic acids is 3. The number of esters is 1. The first kappa shape index (κ1) is 21.3. The zero-order valence-electron chi connectivity index (χ0n) is 18.1. The Morgan fingerprint density at radius 1 is 0.935 bits per heavy atom. The van der Waals surface area contributed by atoms with Gasteiger partial charge in [0.1, 0.15) is 0 Å². The summed E-state index contributed by atoms with van der Waals surface area (Å²) in [6.45, 7) is 2.28. The van der Waals surface area contributed by atoms with Crippen molar-refractivity contribution in [1.82, 2.24) is 4.90 Å². The van der Waals surface area contributed by atoms with Crippen molar-refractivity contribution in [2.24, 2.45) is 0 Å². The number of benzene rings is 2. The molecule has 31 heavy (non-hydrogen) atoms. The molecule has 0 spiro atoms. The highest BCUT2D eigenvalue weighted by molar-refractivity contribution is 5.98. The van der Waals surface area contributed by atoms with Crippen molar-refractivity contribution in [2.45, 2.75) is 50.9 Å². The number of nitrogens with zero attached hydrogens (tertiary/aromatic N) is 1. The van der Waals surface area contributed by atoms with E-state index in [4.69, 9.17) is 4.74 Å². The standard InChI is InChI=1S/C26H29NO4/c1-19(28)27-15-13-26(14-16-27,23-9-3-2-4-10-23)25(30)31-18-24(29)22-12-11-20-7-5-6-8-21(20)17-22/h2-4,9-12,17H,5-8,13-16,18H2,1H3. The minimum atomic E-state index is -0.830. The van der Waals surface area contributed by atoms with Gasteiger partial charge in [0.05, 0.1) is 5.41 Å². The summed E-state index contributed by atoms with van der Waals surface area (Å²) in [5, 5.41) is 0. The van der Waals surface area contributed by atoms with Gasteiger partial charge < -0.3 is 9.64 Å². The molecule has 2 aromatic rings. The van der Waals surface area contributed by atoms with Crippen LogP contribution >= 0.6 is 0 Å². The van der Waals surface area contributed by atoms with E-state index in [0.29, 0.717) is 31.5 Å². The molecular weight excluding hydrogens is 390 g/mol. The molecule has 4 rings (SSSR count). The summed E-state index contributed by atoms with van der Waals surface area (Å²) in [6.07, 6.45) is 5.39. The molecule has 0 bridgehead atoms. The van der Waals surface area contributed by atoms with Crippen molar-refractivity contribution in [2.75, 3.05) is 19.7 Å². The molecule has 5 heteroatoms. The molecule has 162 valence electrons. The van der Waals surface area contributed by atoms with Gasteiger partial charge in [0.15, 0.2) is 12.4 Å². The maximum atomic E-state index is 13.3. The first-order valence-corrected chi connectivity index (χ1v) is 11.1. The van der Waals surface area contributed by atoms with Crippen molar-refractivity contribution in [3.8, 4) is 0 Å². The monoisotopic (exact) mass is 419 g/mol. The van der Waals surface area contributed by atoms with Crippen LogP contribution in [0.15, 0.2) is 48.5 Å². The quantitative estimate of drug-likeness (QED) is 0.545. The van der Waals surface area contributed by atoms with E-state index < -0.39 is 5.41 Å². The van der Waals surface area contributed by atoms with E-state index in [1.165, 1.54) is 17.5 Å². The van der Waals surface area contributed by atoms with Crippen molar-refractivity contribution >= 4 is 17.7 Å². The van der Waals surface area contributed by atoms with Gasteiger partial charge in [-0.2, -0.15) is 0 Å². The number of likely N-dealkylation sites (tertiary alicyclic amines) is 1. The van der Waals surface area contributed by atoms with Gasteiger partial charge >= 0.3 is 5.97 Å². The van der Waals surface area contributed by atoms with E-state index in [9.17, 15) is 14.4 Å². The summed E-state index contributed by atoms with van der Waals surface area (Å²) in [7, 11) is 0. The summed E-state index contributed by atoms with van der Waals surface area (Å²) >= 11 is 0. The molecule has 0 N–H and O–H groups in total. The Balaban J connectivity index is 1.48. The third kappa shape index (κ3) is 4.41.